The molecule has 98 valence electrons. The van der Waals surface area contributed by atoms with E-state index in [1.165, 1.54) is 0 Å². The second kappa shape index (κ2) is 6.34. The van der Waals surface area contributed by atoms with E-state index in [4.69, 9.17) is 4.74 Å². The van der Waals surface area contributed by atoms with E-state index in [2.05, 4.69) is 15.9 Å². The van der Waals surface area contributed by atoms with Gasteiger partial charge in [-0.25, -0.2) is 0 Å². The predicted octanol–water partition coefficient (Wildman–Crippen LogP) is 3.12. The zero-order valence-electron chi connectivity index (χ0n) is 10.1. The van der Waals surface area contributed by atoms with E-state index in [1.54, 1.807) is 0 Å². The molecule has 1 saturated heterocycles. The summed E-state index contributed by atoms with van der Waals surface area (Å²) in [6.07, 6.45) is 2.49. The van der Waals surface area contributed by atoms with Crippen LogP contribution in [0.5, 0.6) is 0 Å². The summed E-state index contributed by atoms with van der Waals surface area (Å²) in [5.74, 6) is -0.930. The first kappa shape index (κ1) is 13.6. The van der Waals surface area contributed by atoms with E-state index in [0.29, 0.717) is 13.0 Å². The minimum absolute atomic E-state index is 0.134. The van der Waals surface area contributed by atoms with Gasteiger partial charge in [0.15, 0.2) is 0 Å². The molecule has 0 spiro atoms. The van der Waals surface area contributed by atoms with Gasteiger partial charge in [-0.1, -0.05) is 28.1 Å². The molecule has 0 amide bonds. The lowest BCUT2D eigenvalue weighted by molar-refractivity contribution is -0.145. The van der Waals surface area contributed by atoms with Crippen LogP contribution < -0.4 is 0 Å². The van der Waals surface area contributed by atoms with Gasteiger partial charge in [-0.05, 0) is 42.9 Å². The molecule has 1 aromatic rings. The molecule has 0 aliphatic carbocycles. The molecule has 2 unspecified atom stereocenters. The highest BCUT2D eigenvalue weighted by molar-refractivity contribution is 9.10. The average molecular weight is 313 g/mol. The maximum absolute atomic E-state index is 11.4. The third-order valence-corrected chi connectivity index (χ3v) is 3.92. The summed E-state index contributed by atoms with van der Waals surface area (Å²) < 4.78 is 6.39. The summed E-state index contributed by atoms with van der Waals surface area (Å²) in [7, 11) is 0. The Balaban J connectivity index is 2.08. The first-order chi connectivity index (χ1) is 8.66. The highest BCUT2D eigenvalue weighted by atomic mass is 79.9. The Kier molecular flexibility index (Phi) is 4.78. The number of carboxylic acids is 1. The van der Waals surface area contributed by atoms with Crippen LogP contribution in [0.2, 0.25) is 0 Å². The van der Waals surface area contributed by atoms with Crippen molar-refractivity contribution in [2.75, 3.05) is 13.2 Å². The van der Waals surface area contributed by atoms with Crippen molar-refractivity contribution >= 4 is 21.9 Å². The van der Waals surface area contributed by atoms with Crippen molar-refractivity contribution in [2.24, 2.45) is 11.8 Å². The van der Waals surface area contributed by atoms with Crippen molar-refractivity contribution in [3.05, 3.63) is 34.3 Å². The van der Waals surface area contributed by atoms with Gasteiger partial charge in [-0.3, -0.25) is 4.79 Å². The van der Waals surface area contributed by atoms with Gasteiger partial charge in [0.25, 0.3) is 0 Å². The number of benzene rings is 1. The number of carbonyl (C=O) groups is 1. The number of hydrogen-bond donors (Lipinski definition) is 1. The SMILES string of the molecule is O=C(O)C(Cc1cccc(Br)c1)C1CCCOC1. The predicted molar refractivity (Wildman–Crippen MR) is 72.5 cm³/mol. The first-order valence-electron chi connectivity index (χ1n) is 6.22. The molecule has 0 radical (unpaired) electrons. The Morgan fingerprint density at radius 1 is 1.56 bits per heavy atom. The maximum atomic E-state index is 11.4. The largest absolute Gasteiger partial charge is 0.481 e. The number of aliphatic carboxylic acids is 1. The highest BCUT2D eigenvalue weighted by Crippen LogP contribution is 2.26. The molecular formula is C14H17BrO3. The fourth-order valence-corrected chi connectivity index (χ4v) is 2.90. The van der Waals surface area contributed by atoms with Gasteiger partial charge in [0.2, 0.25) is 0 Å². The summed E-state index contributed by atoms with van der Waals surface area (Å²) >= 11 is 3.41. The summed E-state index contributed by atoms with van der Waals surface area (Å²) in [6.45, 7) is 1.34. The number of rotatable bonds is 4. The molecule has 1 aromatic carbocycles. The molecule has 1 aliphatic rings. The lowest BCUT2D eigenvalue weighted by Gasteiger charge is -2.27. The quantitative estimate of drug-likeness (QED) is 0.929. The fraction of sp³-hybridized carbons (Fsp3) is 0.500. The lowest BCUT2D eigenvalue weighted by atomic mass is 9.83. The van der Waals surface area contributed by atoms with Crippen LogP contribution in [-0.4, -0.2) is 24.3 Å². The van der Waals surface area contributed by atoms with Crippen molar-refractivity contribution in [1.29, 1.82) is 0 Å². The van der Waals surface area contributed by atoms with Crippen molar-refractivity contribution in [3.63, 3.8) is 0 Å². The Morgan fingerprint density at radius 3 is 3.00 bits per heavy atom. The standard InChI is InChI=1S/C14H17BrO3/c15-12-5-1-3-10(7-12)8-13(14(16)17)11-4-2-6-18-9-11/h1,3,5,7,11,13H,2,4,6,8-9H2,(H,16,17). The van der Waals surface area contributed by atoms with Crippen molar-refractivity contribution < 1.29 is 14.6 Å². The Labute approximate surface area is 115 Å². The van der Waals surface area contributed by atoms with Gasteiger partial charge < -0.3 is 9.84 Å². The second-order valence-electron chi connectivity index (χ2n) is 4.76. The molecule has 1 N–H and O–H groups in total. The minimum atomic E-state index is -0.717. The van der Waals surface area contributed by atoms with Gasteiger partial charge in [-0.15, -0.1) is 0 Å². The Hall–Kier alpha value is -0.870. The van der Waals surface area contributed by atoms with E-state index >= 15 is 0 Å². The smallest absolute Gasteiger partial charge is 0.307 e. The fourth-order valence-electron chi connectivity index (χ4n) is 2.46. The van der Waals surface area contributed by atoms with Crippen molar-refractivity contribution in [3.8, 4) is 0 Å². The normalized spacial score (nSPS) is 21.5. The molecule has 1 heterocycles. The van der Waals surface area contributed by atoms with E-state index in [9.17, 15) is 9.90 Å². The van der Waals surface area contributed by atoms with Crippen LogP contribution in [-0.2, 0) is 16.0 Å². The molecule has 0 bridgehead atoms. The van der Waals surface area contributed by atoms with Gasteiger partial charge in [0, 0.05) is 11.1 Å². The van der Waals surface area contributed by atoms with Gasteiger partial charge >= 0.3 is 5.97 Å². The zero-order valence-corrected chi connectivity index (χ0v) is 11.7. The molecule has 1 fully saturated rings. The molecule has 1 aliphatic heterocycles. The van der Waals surface area contributed by atoms with Crippen molar-refractivity contribution in [2.45, 2.75) is 19.3 Å². The van der Waals surface area contributed by atoms with Gasteiger partial charge in [0.1, 0.15) is 0 Å². The van der Waals surface area contributed by atoms with Crippen LogP contribution in [0, 0.1) is 11.8 Å². The number of carboxylic acid groups (broad SMARTS) is 1. The monoisotopic (exact) mass is 312 g/mol. The summed E-state index contributed by atoms with van der Waals surface area (Å²) in [6, 6.07) is 7.85. The van der Waals surface area contributed by atoms with Crippen LogP contribution in [0.4, 0.5) is 0 Å². The molecule has 2 atom stereocenters. The minimum Gasteiger partial charge on any atom is -0.481 e. The van der Waals surface area contributed by atoms with E-state index in [1.807, 2.05) is 24.3 Å². The molecule has 0 aromatic heterocycles. The van der Waals surface area contributed by atoms with Crippen LogP contribution in [0.25, 0.3) is 0 Å². The Bertz CT molecular complexity index is 413. The van der Waals surface area contributed by atoms with Gasteiger partial charge in [0.05, 0.1) is 12.5 Å². The van der Waals surface area contributed by atoms with Crippen LogP contribution in [0.15, 0.2) is 28.7 Å². The molecule has 18 heavy (non-hydrogen) atoms. The second-order valence-corrected chi connectivity index (χ2v) is 5.67. The van der Waals surface area contributed by atoms with E-state index in [0.717, 1.165) is 29.5 Å². The van der Waals surface area contributed by atoms with E-state index < -0.39 is 5.97 Å². The first-order valence-corrected chi connectivity index (χ1v) is 7.01. The zero-order chi connectivity index (χ0) is 13.0. The maximum Gasteiger partial charge on any atom is 0.307 e. The van der Waals surface area contributed by atoms with Crippen LogP contribution in [0.1, 0.15) is 18.4 Å². The number of ether oxygens (including phenoxy) is 1. The Morgan fingerprint density at radius 2 is 2.39 bits per heavy atom. The molecule has 2 rings (SSSR count). The molecule has 3 nitrogen and oxygen atoms in total. The summed E-state index contributed by atoms with van der Waals surface area (Å²) in [5, 5.41) is 9.39. The average Bonchev–Trinajstić information content (AvgIpc) is 2.37. The summed E-state index contributed by atoms with van der Waals surface area (Å²) in [5.41, 5.74) is 1.06. The molecule has 0 saturated carbocycles. The molecule has 4 heteroatoms. The summed E-state index contributed by atoms with van der Waals surface area (Å²) in [4.78, 5) is 11.4. The van der Waals surface area contributed by atoms with Crippen LogP contribution in [0.3, 0.4) is 0 Å². The lowest BCUT2D eigenvalue weighted by Crippen LogP contribution is -2.32. The number of hydrogen-bond acceptors (Lipinski definition) is 2. The third-order valence-electron chi connectivity index (χ3n) is 3.43. The molecular weight excluding hydrogens is 296 g/mol. The van der Waals surface area contributed by atoms with Gasteiger partial charge in [-0.2, -0.15) is 0 Å². The van der Waals surface area contributed by atoms with Crippen molar-refractivity contribution in [1.82, 2.24) is 0 Å². The topological polar surface area (TPSA) is 46.5 Å². The third kappa shape index (κ3) is 3.56. The number of halogens is 1. The highest BCUT2D eigenvalue weighted by Gasteiger charge is 2.29. The van der Waals surface area contributed by atoms with Crippen LogP contribution >= 0.6 is 15.9 Å². The van der Waals surface area contributed by atoms with E-state index in [-0.39, 0.29) is 11.8 Å².